The molecule has 0 aliphatic carbocycles. The number of amides is 1. The van der Waals surface area contributed by atoms with E-state index in [1.807, 2.05) is 16.5 Å². The lowest BCUT2D eigenvalue weighted by Crippen LogP contribution is -2.39. The van der Waals surface area contributed by atoms with Crippen molar-refractivity contribution in [2.75, 3.05) is 13.1 Å². The standard InChI is InChI=1S/C19H22N6O3/c1-2-18-22-17(23-28-18)11-27-16-5-3-14(4-6-16)19(26)24-9-7-15(8-10-24)25-13-20-12-21-25/h3-6,12-13,15H,2,7-11H2,1H3. The monoisotopic (exact) mass is 382 g/mol. The van der Waals surface area contributed by atoms with Crippen molar-refractivity contribution in [1.29, 1.82) is 0 Å². The normalized spacial score (nSPS) is 15.0. The molecule has 0 N–H and O–H groups in total. The van der Waals surface area contributed by atoms with Crippen LogP contribution in [0.1, 0.15) is 47.9 Å². The zero-order valence-corrected chi connectivity index (χ0v) is 15.7. The molecular formula is C19H22N6O3. The summed E-state index contributed by atoms with van der Waals surface area (Å²) in [5.74, 6) is 1.79. The number of ether oxygens (including phenoxy) is 1. The summed E-state index contributed by atoms with van der Waals surface area (Å²) >= 11 is 0. The van der Waals surface area contributed by atoms with Gasteiger partial charge in [0.15, 0.2) is 6.61 Å². The molecule has 28 heavy (non-hydrogen) atoms. The van der Waals surface area contributed by atoms with Crippen LogP contribution in [0, 0.1) is 0 Å². The van der Waals surface area contributed by atoms with Gasteiger partial charge in [-0.3, -0.25) is 4.79 Å². The highest BCUT2D eigenvalue weighted by molar-refractivity contribution is 5.94. The van der Waals surface area contributed by atoms with Crippen LogP contribution in [0.3, 0.4) is 0 Å². The summed E-state index contributed by atoms with van der Waals surface area (Å²) in [6, 6.07) is 7.46. The third kappa shape index (κ3) is 4.03. The highest BCUT2D eigenvalue weighted by Gasteiger charge is 2.24. The van der Waals surface area contributed by atoms with Crippen LogP contribution in [0.5, 0.6) is 5.75 Å². The maximum Gasteiger partial charge on any atom is 0.253 e. The SMILES string of the molecule is CCc1nc(COc2ccc(C(=O)N3CCC(n4cncn4)CC3)cc2)no1. The van der Waals surface area contributed by atoms with Gasteiger partial charge in [-0.15, -0.1) is 0 Å². The first-order valence-electron chi connectivity index (χ1n) is 9.40. The van der Waals surface area contributed by atoms with Gasteiger partial charge in [0.05, 0.1) is 6.04 Å². The van der Waals surface area contributed by atoms with Crippen molar-refractivity contribution in [1.82, 2.24) is 29.8 Å². The number of carbonyl (C=O) groups is 1. The van der Waals surface area contributed by atoms with E-state index in [2.05, 4.69) is 20.2 Å². The topological polar surface area (TPSA) is 99.2 Å². The fourth-order valence-corrected chi connectivity index (χ4v) is 3.26. The van der Waals surface area contributed by atoms with Crippen molar-refractivity contribution in [3.8, 4) is 5.75 Å². The highest BCUT2D eigenvalue weighted by Crippen LogP contribution is 2.23. The molecule has 4 rings (SSSR count). The van der Waals surface area contributed by atoms with Crippen LogP contribution in [0.4, 0.5) is 0 Å². The summed E-state index contributed by atoms with van der Waals surface area (Å²) in [4.78, 5) is 22.8. The van der Waals surface area contributed by atoms with Gasteiger partial charge in [0.2, 0.25) is 11.7 Å². The smallest absolute Gasteiger partial charge is 0.253 e. The predicted octanol–water partition coefficient (Wildman–Crippen LogP) is 2.28. The average Bonchev–Trinajstić information content (AvgIpc) is 3.44. The zero-order valence-electron chi connectivity index (χ0n) is 15.7. The number of hydrogen-bond acceptors (Lipinski definition) is 7. The Morgan fingerprint density at radius 3 is 2.68 bits per heavy atom. The van der Waals surface area contributed by atoms with Crippen LogP contribution >= 0.6 is 0 Å². The van der Waals surface area contributed by atoms with Crippen LogP contribution in [0.25, 0.3) is 0 Å². The largest absolute Gasteiger partial charge is 0.485 e. The van der Waals surface area contributed by atoms with Crippen LogP contribution in [-0.4, -0.2) is 48.8 Å². The second-order valence-corrected chi connectivity index (χ2v) is 6.67. The molecule has 2 aromatic heterocycles. The minimum absolute atomic E-state index is 0.0364. The third-order valence-electron chi connectivity index (χ3n) is 4.84. The summed E-state index contributed by atoms with van der Waals surface area (Å²) in [6.45, 7) is 3.59. The fraction of sp³-hybridized carbons (Fsp3) is 0.421. The second kappa shape index (κ2) is 8.20. The number of nitrogens with zero attached hydrogens (tertiary/aromatic N) is 6. The van der Waals surface area contributed by atoms with Crippen LogP contribution in [0.2, 0.25) is 0 Å². The molecule has 1 aliphatic rings. The lowest BCUT2D eigenvalue weighted by molar-refractivity contribution is 0.0690. The van der Waals surface area contributed by atoms with Gasteiger partial charge in [-0.2, -0.15) is 10.1 Å². The Balaban J connectivity index is 1.30. The van der Waals surface area contributed by atoms with Crippen molar-refractivity contribution in [2.45, 2.75) is 38.8 Å². The van der Waals surface area contributed by atoms with Gasteiger partial charge < -0.3 is 14.2 Å². The molecule has 0 saturated carbocycles. The van der Waals surface area contributed by atoms with Gasteiger partial charge in [0.1, 0.15) is 18.4 Å². The summed E-state index contributed by atoms with van der Waals surface area (Å²) < 4.78 is 12.6. The van der Waals surface area contributed by atoms with E-state index in [0.29, 0.717) is 48.6 Å². The first-order valence-corrected chi connectivity index (χ1v) is 9.40. The molecular weight excluding hydrogens is 360 g/mol. The zero-order chi connectivity index (χ0) is 19.3. The van der Waals surface area contributed by atoms with Gasteiger partial charge in [0, 0.05) is 25.1 Å². The lowest BCUT2D eigenvalue weighted by atomic mass is 10.0. The first-order chi connectivity index (χ1) is 13.7. The highest BCUT2D eigenvalue weighted by atomic mass is 16.5. The molecule has 0 atom stereocenters. The number of rotatable bonds is 6. The number of carbonyl (C=O) groups excluding carboxylic acids is 1. The molecule has 3 aromatic rings. The number of benzene rings is 1. The molecule has 0 unspecified atom stereocenters. The Morgan fingerprint density at radius 1 is 1.25 bits per heavy atom. The predicted molar refractivity (Wildman–Crippen MR) is 98.6 cm³/mol. The first kappa shape index (κ1) is 18.1. The van der Waals surface area contributed by atoms with E-state index < -0.39 is 0 Å². The molecule has 0 bridgehead atoms. The van der Waals surface area contributed by atoms with E-state index in [1.54, 1.807) is 36.9 Å². The Hall–Kier alpha value is -3.23. The van der Waals surface area contributed by atoms with E-state index in [4.69, 9.17) is 9.26 Å². The van der Waals surface area contributed by atoms with Gasteiger partial charge >= 0.3 is 0 Å². The maximum absolute atomic E-state index is 12.7. The van der Waals surface area contributed by atoms with Crippen LogP contribution < -0.4 is 4.74 Å². The quantitative estimate of drug-likeness (QED) is 0.645. The van der Waals surface area contributed by atoms with Crippen molar-refractivity contribution in [3.05, 3.63) is 54.2 Å². The van der Waals surface area contributed by atoms with Crippen LogP contribution in [0.15, 0.2) is 41.4 Å². The van der Waals surface area contributed by atoms with Crippen molar-refractivity contribution < 1.29 is 14.1 Å². The molecule has 1 aromatic carbocycles. The number of hydrogen-bond donors (Lipinski definition) is 0. The molecule has 1 aliphatic heterocycles. The van der Waals surface area contributed by atoms with E-state index >= 15 is 0 Å². The number of aromatic nitrogens is 5. The maximum atomic E-state index is 12.7. The summed E-state index contributed by atoms with van der Waals surface area (Å²) in [5.41, 5.74) is 0.652. The van der Waals surface area contributed by atoms with Gasteiger partial charge in [-0.05, 0) is 37.1 Å². The van der Waals surface area contributed by atoms with E-state index in [-0.39, 0.29) is 12.5 Å². The molecule has 1 fully saturated rings. The Morgan fingerprint density at radius 2 is 2.04 bits per heavy atom. The fourth-order valence-electron chi connectivity index (χ4n) is 3.26. The average molecular weight is 382 g/mol. The number of likely N-dealkylation sites (tertiary alicyclic amines) is 1. The van der Waals surface area contributed by atoms with Gasteiger partial charge in [0.25, 0.3) is 5.91 Å². The summed E-state index contributed by atoms with van der Waals surface area (Å²) in [6.07, 6.45) is 5.72. The van der Waals surface area contributed by atoms with E-state index in [0.717, 1.165) is 12.8 Å². The molecule has 0 spiro atoms. The summed E-state index contributed by atoms with van der Waals surface area (Å²) in [5, 5.41) is 8.05. The summed E-state index contributed by atoms with van der Waals surface area (Å²) in [7, 11) is 0. The lowest BCUT2D eigenvalue weighted by Gasteiger charge is -2.32. The molecule has 1 amide bonds. The van der Waals surface area contributed by atoms with E-state index in [9.17, 15) is 4.79 Å². The number of aryl methyl sites for hydroxylation is 1. The Labute approximate surface area is 162 Å². The Bertz CT molecular complexity index is 898. The van der Waals surface area contributed by atoms with Crippen molar-refractivity contribution >= 4 is 5.91 Å². The van der Waals surface area contributed by atoms with Crippen molar-refractivity contribution in [2.24, 2.45) is 0 Å². The Kier molecular flexibility index (Phi) is 5.31. The minimum atomic E-state index is 0.0364. The van der Waals surface area contributed by atoms with Gasteiger partial charge in [-0.25, -0.2) is 9.67 Å². The third-order valence-corrected chi connectivity index (χ3v) is 4.84. The van der Waals surface area contributed by atoms with E-state index in [1.165, 1.54) is 0 Å². The molecule has 9 heteroatoms. The molecule has 1 saturated heterocycles. The molecule has 3 heterocycles. The molecule has 146 valence electrons. The molecule has 9 nitrogen and oxygen atoms in total. The minimum Gasteiger partial charge on any atom is -0.485 e. The number of piperidine rings is 1. The van der Waals surface area contributed by atoms with Crippen LogP contribution in [-0.2, 0) is 13.0 Å². The molecule has 0 radical (unpaired) electrons. The van der Waals surface area contributed by atoms with Crippen molar-refractivity contribution in [3.63, 3.8) is 0 Å². The van der Waals surface area contributed by atoms with Gasteiger partial charge in [-0.1, -0.05) is 12.1 Å². The second-order valence-electron chi connectivity index (χ2n) is 6.67.